The van der Waals surface area contributed by atoms with Crippen molar-refractivity contribution in [2.45, 2.75) is 130 Å². The number of fused-ring (bicyclic) bond motifs is 2. The molecular weight excluding hydrogens is 805 g/mol. The Morgan fingerprint density at radius 2 is 0.906 bits per heavy atom. The summed E-state index contributed by atoms with van der Waals surface area (Å²) in [4.78, 5) is 29.2. The van der Waals surface area contributed by atoms with Gasteiger partial charge in [-0.25, -0.2) is 0 Å². The maximum atomic E-state index is 14.7. The Kier molecular flexibility index (Phi) is 17.8. The molecule has 5 aromatic rings. The summed E-state index contributed by atoms with van der Waals surface area (Å²) < 4.78 is 24.1. The first-order valence-corrected chi connectivity index (χ1v) is 23.5. The second-order valence-corrected chi connectivity index (χ2v) is 16.8. The maximum absolute atomic E-state index is 14.7. The number of anilines is 3. The molecule has 0 amide bonds. The number of nitrogens with one attached hydrogen (secondary N) is 1. The molecule has 1 aliphatic rings. The molecule has 340 valence electrons. The lowest BCUT2D eigenvalue weighted by molar-refractivity contribution is 0.0974. The van der Waals surface area contributed by atoms with E-state index in [2.05, 4.69) is 26.1 Å². The molecule has 64 heavy (non-hydrogen) atoms. The van der Waals surface area contributed by atoms with Crippen LogP contribution in [0.1, 0.15) is 161 Å². The predicted molar refractivity (Wildman–Crippen MR) is 256 cm³/mol. The summed E-state index contributed by atoms with van der Waals surface area (Å²) in [5, 5.41) is 26.8. The summed E-state index contributed by atoms with van der Waals surface area (Å²) in [6.07, 6.45) is 19.5. The molecule has 6 rings (SSSR count). The molecule has 0 atom stereocenters. The van der Waals surface area contributed by atoms with Gasteiger partial charge in [0.15, 0.2) is 23.0 Å². The van der Waals surface area contributed by atoms with Crippen LogP contribution in [-0.4, -0.2) is 35.0 Å². The minimum Gasteiger partial charge on any atom is -0.504 e. The number of carbonyl (C=O) groups is 2. The lowest BCUT2D eigenvalue weighted by Gasteiger charge is -2.25. The van der Waals surface area contributed by atoms with Crippen molar-refractivity contribution in [2.75, 3.05) is 24.3 Å². The van der Waals surface area contributed by atoms with Gasteiger partial charge in [0.05, 0.1) is 41.2 Å². The van der Waals surface area contributed by atoms with Gasteiger partial charge >= 0.3 is 0 Å². The molecule has 0 spiro atoms. The van der Waals surface area contributed by atoms with Crippen molar-refractivity contribution in [1.29, 1.82) is 0 Å². The van der Waals surface area contributed by atoms with Crippen molar-refractivity contribution >= 4 is 28.6 Å². The third kappa shape index (κ3) is 12.5. The van der Waals surface area contributed by atoms with E-state index in [-0.39, 0.29) is 45.1 Å². The number of rotatable bonds is 27. The van der Waals surface area contributed by atoms with Crippen LogP contribution in [0.3, 0.4) is 0 Å². The highest BCUT2D eigenvalue weighted by atomic mass is 16.5. The van der Waals surface area contributed by atoms with Gasteiger partial charge in [-0.1, -0.05) is 116 Å². The van der Waals surface area contributed by atoms with Gasteiger partial charge in [-0.2, -0.15) is 0 Å². The topological polar surface area (TPSA) is 150 Å². The van der Waals surface area contributed by atoms with Crippen LogP contribution in [0.25, 0.3) is 0 Å². The maximum Gasteiger partial charge on any atom is 0.200 e. The molecule has 5 N–H and O–H groups in total. The molecule has 10 heteroatoms. The normalized spacial score (nSPS) is 11.9. The molecule has 1 aliphatic carbocycles. The predicted octanol–water partition coefficient (Wildman–Crippen LogP) is 14.4. The standard InChI is InChI=1S/C54H66N2O8/c1-4-7-10-13-15-18-33-61-39-25-29-41(30-26-39)63-45-35-43(55)47-49(51(45)57)54(60)48-44(56-38-23-21-37(22-24-38)20-17-12-9-6-3)36-46(52(58)50(48)53(47)59)64-42-31-27-40(28-32-42)62-34-19-16-14-11-8-5-2/h21-32,35-36,56-58H,4-20,33-34,55H2,1-3H3. The Morgan fingerprint density at radius 3 is 1.42 bits per heavy atom. The number of phenolic OH excluding ortho intramolecular Hbond substituents is 2. The number of hydrogen-bond donors (Lipinski definition) is 4. The number of phenols is 2. The molecule has 0 aliphatic heterocycles. The van der Waals surface area contributed by atoms with Crippen LogP contribution in [0.4, 0.5) is 17.1 Å². The number of unbranched alkanes of at least 4 members (excludes halogenated alkanes) is 13. The smallest absolute Gasteiger partial charge is 0.200 e. The van der Waals surface area contributed by atoms with E-state index < -0.39 is 23.1 Å². The first-order chi connectivity index (χ1) is 31.2. The summed E-state index contributed by atoms with van der Waals surface area (Å²) >= 11 is 0. The van der Waals surface area contributed by atoms with E-state index in [1.165, 1.54) is 75.5 Å². The van der Waals surface area contributed by atoms with Gasteiger partial charge in [-0.3, -0.25) is 9.59 Å². The Bertz CT molecular complexity index is 2290. The molecular formula is C54H66N2O8. The SMILES string of the molecule is CCCCCCCCOc1ccc(Oc2cc(N)c3c(c2O)C(=O)c2c(Nc4ccc(CCCCCC)cc4)cc(Oc4ccc(OCCCCCCCC)cc4)c(O)c2C3=O)cc1. The fourth-order valence-corrected chi connectivity index (χ4v) is 8.02. The van der Waals surface area contributed by atoms with Gasteiger partial charge in [0.25, 0.3) is 0 Å². The van der Waals surface area contributed by atoms with Crippen LogP contribution in [0.2, 0.25) is 0 Å². The van der Waals surface area contributed by atoms with E-state index >= 15 is 0 Å². The first kappa shape index (κ1) is 47.3. The van der Waals surface area contributed by atoms with E-state index in [0.29, 0.717) is 41.9 Å². The summed E-state index contributed by atoms with van der Waals surface area (Å²) in [6.45, 7) is 7.82. The number of aryl methyl sites for hydroxylation is 1. The summed E-state index contributed by atoms with van der Waals surface area (Å²) in [5.74, 6) is -0.590. The van der Waals surface area contributed by atoms with Crippen molar-refractivity contribution in [3.05, 3.63) is 113 Å². The number of nitrogen functional groups attached to an aromatic ring is 1. The average molecular weight is 871 g/mol. The fourth-order valence-electron chi connectivity index (χ4n) is 8.02. The number of carbonyl (C=O) groups excluding carboxylic acids is 2. The lowest BCUT2D eigenvalue weighted by Crippen LogP contribution is -2.24. The summed E-state index contributed by atoms with van der Waals surface area (Å²) in [6, 6.07) is 24.6. The number of ether oxygens (including phenoxy) is 4. The molecule has 0 saturated heterocycles. The molecule has 0 unspecified atom stereocenters. The highest BCUT2D eigenvalue weighted by Crippen LogP contribution is 2.50. The summed E-state index contributed by atoms with van der Waals surface area (Å²) in [7, 11) is 0. The highest BCUT2D eigenvalue weighted by molar-refractivity contribution is 6.34. The van der Waals surface area contributed by atoms with Crippen molar-refractivity contribution in [3.8, 4) is 46.0 Å². The van der Waals surface area contributed by atoms with Crippen molar-refractivity contribution < 1.29 is 38.7 Å². The van der Waals surface area contributed by atoms with Gasteiger partial charge in [-0.15, -0.1) is 0 Å². The number of ketones is 2. The van der Waals surface area contributed by atoms with Crippen molar-refractivity contribution in [3.63, 3.8) is 0 Å². The highest BCUT2D eigenvalue weighted by Gasteiger charge is 2.40. The summed E-state index contributed by atoms with van der Waals surface area (Å²) in [5.41, 5.74) is 7.45. The van der Waals surface area contributed by atoms with E-state index in [1.54, 1.807) is 48.5 Å². The molecule has 10 nitrogen and oxygen atoms in total. The molecule has 5 aromatic carbocycles. The van der Waals surface area contributed by atoms with Crippen molar-refractivity contribution in [2.24, 2.45) is 0 Å². The Hall–Kier alpha value is -6.16. The molecule has 0 saturated carbocycles. The lowest BCUT2D eigenvalue weighted by atomic mass is 9.81. The number of aromatic hydroxyl groups is 2. The second-order valence-electron chi connectivity index (χ2n) is 16.8. The third-order valence-corrected chi connectivity index (χ3v) is 11.7. The van der Waals surface area contributed by atoms with Gasteiger partial charge in [0, 0.05) is 23.5 Å². The average Bonchev–Trinajstić information content (AvgIpc) is 3.30. The van der Waals surface area contributed by atoms with E-state index in [0.717, 1.165) is 51.4 Å². The van der Waals surface area contributed by atoms with Crippen LogP contribution >= 0.6 is 0 Å². The molecule has 0 bridgehead atoms. The number of hydrogen-bond acceptors (Lipinski definition) is 10. The van der Waals surface area contributed by atoms with Crippen LogP contribution in [-0.2, 0) is 6.42 Å². The minimum atomic E-state index is -0.748. The van der Waals surface area contributed by atoms with E-state index in [1.807, 2.05) is 24.3 Å². The third-order valence-electron chi connectivity index (χ3n) is 11.7. The zero-order valence-electron chi connectivity index (χ0n) is 37.9. The largest absolute Gasteiger partial charge is 0.504 e. The minimum absolute atomic E-state index is 0.0544. The van der Waals surface area contributed by atoms with Gasteiger partial charge in [-0.05, 0) is 91.9 Å². The van der Waals surface area contributed by atoms with E-state index in [4.69, 9.17) is 24.7 Å². The first-order valence-electron chi connectivity index (χ1n) is 23.5. The Morgan fingerprint density at radius 1 is 0.484 bits per heavy atom. The number of nitrogens with two attached hydrogens (primary N) is 1. The molecule has 0 radical (unpaired) electrons. The van der Waals surface area contributed by atoms with Crippen LogP contribution in [0.15, 0.2) is 84.9 Å². The molecule has 0 fully saturated rings. The Labute approximate surface area is 379 Å². The van der Waals surface area contributed by atoms with Crippen LogP contribution < -0.4 is 30.0 Å². The monoisotopic (exact) mass is 870 g/mol. The van der Waals surface area contributed by atoms with E-state index in [9.17, 15) is 19.8 Å². The zero-order valence-corrected chi connectivity index (χ0v) is 37.9. The molecule has 0 aromatic heterocycles. The quantitative estimate of drug-likeness (QED) is 0.0224. The zero-order chi connectivity index (χ0) is 45.3. The molecule has 0 heterocycles. The van der Waals surface area contributed by atoms with Gasteiger partial charge < -0.3 is 40.2 Å². The van der Waals surface area contributed by atoms with Crippen molar-refractivity contribution in [1.82, 2.24) is 0 Å². The van der Waals surface area contributed by atoms with Crippen LogP contribution in [0.5, 0.6) is 46.0 Å². The second kappa shape index (κ2) is 24.1. The van der Waals surface area contributed by atoms with Gasteiger partial charge in [0.1, 0.15) is 23.0 Å². The Balaban J connectivity index is 1.25. The fraction of sp³-hybridized carbons (Fsp3) is 0.407. The number of benzene rings is 5. The van der Waals surface area contributed by atoms with Crippen LogP contribution in [0, 0.1) is 0 Å². The van der Waals surface area contributed by atoms with Gasteiger partial charge in [0.2, 0.25) is 11.6 Å².